The average molecular weight is 511 g/mol. The van der Waals surface area contributed by atoms with Crippen LogP contribution in [0.25, 0.3) is 19.5 Å². The van der Waals surface area contributed by atoms with Gasteiger partial charge < -0.3 is 4.90 Å². The van der Waals surface area contributed by atoms with E-state index in [1.165, 1.54) is 36.6 Å². The number of rotatable bonds is 6. The Balaban J connectivity index is 1.21. The van der Waals surface area contributed by atoms with E-state index in [1.54, 1.807) is 38.9 Å². The molecule has 0 bridgehead atoms. The summed E-state index contributed by atoms with van der Waals surface area (Å²) in [6.07, 6.45) is 5.09. The first kappa shape index (κ1) is 23.2. The summed E-state index contributed by atoms with van der Waals surface area (Å²) in [5, 5.41) is 3.05. The van der Waals surface area contributed by atoms with Crippen molar-refractivity contribution in [2.75, 3.05) is 18.5 Å². The zero-order valence-electron chi connectivity index (χ0n) is 19.1. The van der Waals surface area contributed by atoms with Gasteiger partial charge in [-0.3, -0.25) is 19.3 Å². The number of thiophene rings is 3. The zero-order valence-corrected chi connectivity index (χ0v) is 21.6. The largest absolute Gasteiger partial charge is 0.307 e. The molecule has 3 amide bonds. The van der Waals surface area contributed by atoms with Crippen molar-refractivity contribution in [3.8, 4) is 19.5 Å². The van der Waals surface area contributed by atoms with E-state index in [0.29, 0.717) is 6.54 Å². The number of carbonyl (C=O) groups excluding carboxylic acids is 3. The van der Waals surface area contributed by atoms with Gasteiger partial charge in [0.1, 0.15) is 0 Å². The Morgan fingerprint density at radius 2 is 1.65 bits per heavy atom. The lowest BCUT2D eigenvalue weighted by Gasteiger charge is -2.36. The molecule has 0 radical (unpaired) electrons. The number of imide groups is 1. The molecule has 3 unspecified atom stereocenters. The smallest absolute Gasteiger partial charge is 0.253 e. The monoisotopic (exact) mass is 510 g/mol. The van der Waals surface area contributed by atoms with Gasteiger partial charge in [-0.05, 0) is 66.8 Å². The van der Waals surface area contributed by atoms with Gasteiger partial charge in [-0.1, -0.05) is 13.0 Å². The molecule has 0 N–H and O–H groups in total. The van der Waals surface area contributed by atoms with Crippen LogP contribution in [0.4, 0.5) is 5.00 Å². The molecule has 1 fully saturated rings. The number of nitrogens with zero attached hydrogens (tertiary/aromatic N) is 2. The SMILES string of the molecule is CC1CC(C(=O)N(C)c2ccc(-c3ccc(-c4cccs4)s3)s2)CCC1CN1C(=O)C=CC1=O. The quantitative estimate of drug-likeness (QED) is 0.374. The summed E-state index contributed by atoms with van der Waals surface area (Å²) in [5.41, 5.74) is 0. The summed E-state index contributed by atoms with van der Waals surface area (Å²) < 4.78 is 0. The minimum Gasteiger partial charge on any atom is -0.307 e. The van der Waals surface area contributed by atoms with Crippen LogP contribution in [0.2, 0.25) is 0 Å². The van der Waals surface area contributed by atoms with E-state index in [-0.39, 0.29) is 35.5 Å². The molecular formula is C26H26N2O3S3. The Morgan fingerprint density at radius 3 is 2.32 bits per heavy atom. The van der Waals surface area contributed by atoms with E-state index in [0.717, 1.165) is 24.3 Å². The van der Waals surface area contributed by atoms with Crippen molar-refractivity contribution in [1.82, 2.24) is 4.90 Å². The van der Waals surface area contributed by atoms with E-state index in [9.17, 15) is 14.4 Å². The standard InChI is InChI=1S/C26H26N2O3S3/c1-16-14-17(5-6-18(16)15-28-23(29)10-11-24(28)30)26(31)27(2)25-12-9-22(34-25)21-8-7-20(33-21)19-4-3-13-32-19/h3-4,7-13,16-18H,5-6,14-15H2,1-2H3. The van der Waals surface area contributed by atoms with Crippen molar-refractivity contribution >= 4 is 56.7 Å². The molecule has 176 valence electrons. The first-order chi connectivity index (χ1) is 16.4. The summed E-state index contributed by atoms with van der Waals surface area (Å²) >= 11 is 5.18. The van der Waals surface area contributed by atoms with Crippen LogP contribution in [0.3, 0.4) is 0 Å². The van der Waals surface area contributed by atoms with Crippen molar-refractivity contribution in [2.45, 2.75) is 26.2 Å². The number of carbonyl (C=O) groups is 3. The normalized spacial score (nSPS) is 22.5. The third-order valence-electron chi connectivity index (χ3n) is 6.88. The van der Waals surface area contributed by atoms with Crippen molar-refractivity contribution in [3.63, 3.8) is 0 Å². The van der Waals surface area contributed by atoms with Crippen LogP contribution in [0.15, 0.2) is 53.9 Å². The van der Waals surface area contributed by atoms with Gasteiger partial charge >= 0.3 is 0 Å². The minimum absolute atomic E-state index is 0.0305. The second-order valence-electron chi connectivity index (χ2n) is 9.04. The van der Waals surface area contributed by atoms with Crippen molar-refractivity contribution in [1.29, 1.82) is 0 Å². The van der Waals surface area contributed by atoms with Crippen LogP contribution in [-0.2, 0) is 14.4 Å². The molecular weight excluding hydrogens is 484 g/mol. The number of amides is 3. The highest BCUT2D eigenvalue weighted by atomic mass is 32.1. The topological polar surface area (TPSA) is 57.7 Å². The highest BCUT2D eigenvalue weighted by Gasteiger charge is 2.36. The van der Waals surface area contributed by atoms with Crippen LogP contribution in [0.5, 0.6) is 0 Å². The molecule has 3 aromatic heterocycles. The van der Waals surface area contributed by atoms with Crippen LogP contribution in [-0.4, -0.2) is 36.2 Å². The summed E-state index contributed by atoms with van der Waals surface area (Å²) in [6, 6.07) is 12.7. The van der Waals surface area contributed by atoms with E-state index >= 15 is 0 Å². The fraction of sp³-hybridized carbons (Fsp3) is 0.346. The van der Waals surface area contributed by atoms with Crippen molar-refractivity contribution in [3.05, 3.63) is 53.9 Å². The maximum atomic E-state index is 13.3. The molecule has 1 saturated carbocycles. The Morgan fingerprint density at radius 1 is 0.971 bits per heavy atom. The van der Waals surface area contributed by atoms with Crippen LogP contribution in [0.1, 0.15) is 26.2 Å². The molecule has 1 aliphatic carbocycles. The third-order valence-corrected chi connectivity index (χ3v) is 10.4. The average Bonchev–Trinajstić information content (AvgIpc) is 3.63. The van der Waals surface area contributed by atoms with Gasteiger partial charge in [0.05, 0.1) is 5.00 Å². The van der Waals surface area contributed by atoms with Crippen LogP contribution < -0.4 is 4.90 Å². The summed E-state index contributed by atoms with van der Waals surface area (Å²) in [6.45, 7) is 2.58. The van der Waals surface area contributed by atoms with Gasteiger partial charge in [-0.15, -0.1) is 34.0 Å². The van der Waals surface area contributed by atoms with Crippen LogP contribution >= 0.6 is 34.0 Å². The summed E-state index contributed by atoms with van der Waals surface area (Å²) in [4.78, 5) is 45.2. The summed E-state index contributed by atoms with van der Waals surface area (Å²) in [7, 11) is 1.87. The Labute approximate surface area is 211 Å². The summed E-state index contributed by atoms with van der Waals surface area (Å²) in [5.74, 6) is 0.190. The Bertz CT molecular complexity index is 1220. The van der Waals surface area contributed by atoms with Gasteiger partial charge in [0.2, 0.25) is 5.91 Å². The lowest BCUT2D eigenvalue weighted by molar-refractivity contribution is -0.138. The molecule has 3 aromatic rings. The molecule has 34 heavy (non-hydrogen) atoms. The molecule has 3 atom stereocenters. The van der Waals surface area contributed by atoms with E-state index in [1.807, 2.05) is 13.1 Å². The van der Waals surface area contributed by atoms with E-state index < -0.39 is 0 Å². The highest BCUT2D eigenvalue weighted by Crippen LogP contribution is 2.42. The van der Waals surface area contributed by atoms with E-state index in [4.69, 9.17) is 0 Å². The molecule has 0 spiro atoms. The maximum Gasteiger partial charge on any atom is 0.253 e. The molecule has 0 aromatic carbocycles. The van der Waals surface area contributed by atoms with Gasteiger partial charge in [-0.25, -0.2) is 0 Å². The van der Waals surface area contributed by atoms with Crippen LogP contribution in [0, 0.1) is 17.8 Å². The first-order valence-corrected chi connectivity index (χ1v) is 14.0. The lowest BCUT2D eigenvalue weighted by Crippen LogP contribution is -2.41. The second-order valence-corrected chi connectivity index (χ2v) is 12.1. The molecule has 4 heterocycles. The Hall–Kier alpha value is -2.55. The fourth-order valence-corrected chi connectivity index (χ4v) is 7.75. The molecule has 2 aliphatic rings. The van der Waals surface area contributed by atoms with Gasteiger partial charge in [0, 0.05) is 51.2 Å². The molecule has 5 nitrogen and oxygen atoms in total. The molecule has 8 heteroatoms. The third kappa shape index (κ3) is 4.54. The number of hydrogen-bond acceptors (Lipinski definition) is 6. The predicted molar refractivity (Wildman–Crippen MR) is 140 cm³/mol. The number of anilines is 1. The van der Waals surface area contributed by atoms with Gasteiger partial charge in [-0.2, -0.15) is 0 Å². The zero-order chi connectivity index (χ0) is 23.8. The van der Waals surface area contributed by atoms with Crippen molar-refractivity contribution in [2.24, 2.45) is 17.8 Å². The highest BCUT2D eigenvalue weighted by molar-refractivity contribution is 7.27. The lowest BCUT2D eigenvalue weighted by atomic mass is 9.74. The molecule has 5 rings (SSSR count). The minimum atomic E-state index is -0.225. The molecule has 0 saturated heterocycles. The first-order valence-electron chi connectivity index (χ1n) is 11.5. The number of hydrogen-bond donors (Lipinski definition) is 0. The van der Waals surface area contributed by atoms with Crippen molar-refractivity contribution < 1.29 is 14.4 Å². The second kappa shape index (κ2) is 9.60. The molecule has 1 aliphatic heterocycles. The van der Waals surface area contributed by atoms with E-state index in [2.05, 4.69) is 42.6 Å². The van der Waals surface area contributed by atoms with Gasteiger partial charge in [0.15, 0.2) is 0 Å². The maximum absolute atomic E-state index is 13.3. The van der Waals surface area contributed by atoms with Gasteiger partial charge in [0.25, 0.3) is 11.8 Å². The predicted octanol–water partition coefficient (Wildman–Crippen LogP) is 6.15. The Kier molecular flexibility index (Phi) is 6.55. The fourth-order valence-electron chi connectivity index (χ4n) is 4.84.